The number of urea groups is 1. The van der Waals surface area contributed by atoms with Crippen molar-refractivity contribution in [1.82, 2.24) is 20.0 Å². The van der Waals surface area contributed by atoms with Crippen LogP contribution in [0.3, 0.4) is 0 Å². The summed E-state index contributed by atoms with van der Waals surface area (Å²) in [6.45, 7) is 6.06. The molecule has 1 aliphatic rings. The molecule has 1 aliphatic heterocycles. The summed E-state index contributed by atoms with van der Waals surface area (Å²) in [5.41, 5.74) is 1.73. The molecule has 0 spiro atoms. The topological polar surface area (TPSA) is 62.2 Å². The molecular weight excluding hydrogens is 326 g/mol. The van der Waals surface area contributed by atoms with Gasteiger partial charge in [0.15, 0.2) is 0 Å². The molecule has 1 aromatic carbocycles. The number of nitrogens with zero attached hydrogens (tertiary/aromatic N) is 3. The first-order valence-electron chi connectivity index (χ1n) is 8.12. The van der Waals surface area contributed by atoms with Crippen LogP contribution in [0.1, 0.15) is 31.5 Å². The SMILES string of the molecule is CC(C)n1cc(NC(=O)N2CCNC(c3ccccc3Cl)C2)cn1. The van der Waals surface area contributed by atoms with Crippen LogP contribution < -0.4 is 10.6 Å². The molecule has 3 rings (SSSR count). The molecular formula is C17H22ClN5O. The van der Waals surface area contributed by atoms with E-state index in [4.69, 9.17) is 11.6 Å². The molecule has 128 valence electrons. The molecule has 2 aromatic rings. The number of hydrogen-bond donors (Lipinski definition) is 2. The smallest absolute Gasteiger partial charge is 0.321 e. The van der Waals surface area contributed by atoms with Gasteiger partial charge in [-0.05, 0) is 25.5 Å². The monoisotopic (exact) mass is 347 g/mol. The highest BCUT2D eigenvalue weighted by molar-refractivity contribution is 6.31. The van der Waals surface area contributed by atoms with Crippen LogP contribution in [0.2, 0.25) is 5.02 Å². The molecule has 0 aliphatic carbocycles. The number of nitrogens with one attached hydrogen (secondary N) is 2. The van der Waals surface area contributed by atoms with Crippen LogP contribution in [0.25, 0.3) is 0 Å². The Morgan fingerprint density at radius 1 is 1.42 bits per heavy atom. The first-order chi connectivity index (χ1) is 11.5. The minimum atomic E-state index is -0.114. The number of aromatic nitrogens is 2. The van der Waals surface area contributed by atoms with Gasteiger partial charge < -0.3 is 15.5 Å². The van der Waals surface area contributed by atoms with Crippen molar-refractivity contribution >= 4 is 23.3 Å². The van der Waals surface area contributed by atoms with Crippen molar-refractivity contribution in [3.8, 4) is 0 Å². The van der Waals surface area contributed by atoms with E-state index in [0.29, 0.717) is 18.8 Å². The minimum absolute atomic E-state index is 0.0385. The molecule has 1 atom stereocenters. The second kappa shape index (κ2) is 7.23. The predicted octanol–water partition coefficient (Wildman–Crippen LogP) is 3.30. The number of carbonyl (C=O) groups excluding carboxylic acids is 1. The summed E-state index contributed by atoms with van der Waals surface area (Å²) < 4.78 is 1.82. The number of anilines is 1. The number of hydrogen-bond acceptors (Lipinski definition) is 3. The Hall–Kier alpha value is -2.05. The van der Waals surface area contributed by atoms with Crippen molar-refractivity contribution in [2.24, 2.45) is 0 Å². The lowest BCUT2D eigenvalue weighted by Gasteiger charge is -2.34. The van der Waals surface area contributed by atoms with Crippen molar-refractivity contribution in [2.75, 3.05) is 25.0 Å². The average molecular weight is 348 g/mol. The van der Waals surface area contributed by atoms with Crippen LogP contribution >= 0.6 is 11.6 Å². The van der Waals surface area contributed by atoms with Gasteiger partial charge in [-0.1, -0.05) is 29.8 Å². The van der Waals surface area contributed by atoms with Gasteiger partial charge in [-0.25, -0.2) is 4.79 Å². The number of piperazine rings is 1. The van der Waals surface area contributed by atoms with Crippen molar-refractivity contribution < 1.29 is 4.79 Å². The van der Waals surface area contributed by atoms with Gasteiger partial charge in [-0.2, -0.15) is 5.10 Å². The van der Waals surface area contributed by atoms with E-state index in [9.17, 15) is 4.79 Å². The Kier molecular flexibility index (Phi) is 5.06. The van der Waals surface area contributed by atoms with Crippen LogP contribution in [-0.4, -0.2) is 40.3 Å². The predicted molar refractivity (Wildman–Crippen MR) is 95.4 cm³/mol. The Balaban J connectivity index is 1.65. The van der Waals surface area contributed by atoms with E-state index < -0.39 is 0 Å². The standard InChI is InChI=1S/C17H22ClN5O/c1-12(2)23-10-13(9-20-23)21-17(24)22-8-7-19-16(11-22)14-5-3-4-6-15(14)18/h3-6,9-10,12,16,19H,7-8,11H2,1-2H3,(H,21,24). The maximum Gasteiger partial charge on any atom is 0.322 e. The second-order valence-electron chi connectivity index (χ2n) is 6.21. The lowest BCUT2D eigenvalue weighted by atomic mass is 10.0. The molecule has 0 bridgehead atoms. The van der Waals surface area contributed by atoms with Gasteiger partial charge in [-0.3, -0.25) is 4.68 Å². The van der Waals surface area contributed by atoms with Gasteiger partial charge in [0, 0.05) is 36.9 Å². The van der Waals surface area contributed by atoms with E-state index in [1.165, 1.54) is 0 Å². The van der Waals surface area contributed by atoms with Crippen molar-refractivity contribution in [3.05, 3.63) is 47.2 Å². The van der Waals surface area contributed by atoms with Crippen LogP contribution in [0.15, 0.2) is 36.7 Å². The fraction of sp³-hybridized carbons (Fsp3) is 0.412. The molecule has 7 heteroatoms. The van der Waals surface area contributed by atoms with Crippen molar-refractivity contribution in [2.45, 2.75) is 25.9 Å². The summed E-state index contributed by atoms with van der Waals surface area (Å²) in [5.74, 6) is 0. The molecule has 6 nitrogen and oxygen atoms in total. The van der Waals surface area contributed by atoms with Gasteiger partial charge in [0.25, 0.3) is 0 Å². The Bertz CT molecular complexity index is 715. The molecule has 2 amide bonds. The van der Waals surface area contributed by atoms with Gasteiger partial charge in [-0.15, -0.1) is 0 Å². The zero-order valence-electron chi connectivity index (χ0n) is 13.9. The third-order valence-electron chi connectivity index (χ3n) is 4.13. The quantitative estimate of drug-likeness (QED) is 0.895. The largest absolute Gasteiger partial charge is 0.322 e. The van der Waals surface area contributed by atoms with Crippen molar-refractivity contribution in [3.63, 3.8) is 0 Å². The summed E-state index contributed by atoms with van der Waals surface area (Å²) in [5, 5.41) is 11.3. The van der Waals surface area contributed by atoms with Gasteiger partial charge in [0.05, 0.1) is 17.9 Å². The second-order valence-corrected chi connectivity index (χ2v) is 6.61. The maximum atomic E-state index is 12.5. The maximum absolute atomic E-state index is 12.5. The van der Waals surface area contributed by atoms with Crippen LogP contribution in [0, 0.1) is 0 Å². The summed E-state index contributed by atoms with van der Waals surface area (Å²) in [4.78, 5) is 14.3. The molecule has 1 saturated heterocycles. The van der Waals surface area contributed by atoms with Gasteiger partial charge in [0.1, 0.15) is 0 Å². The van der Waals surface area contributed by atoms with E-state index in [0.717, 1.165) is 17.1 Å². The molecule has 1 fully saturated rings. The van der Waals surface area contributed by atoms with E-state index in [2.05, 4.69) is 15.7 Å². The first kappa shape index (κ1) is 16.8. The first-order valence-corrected chi connectivity index (χ1v) is 8.50. The third-order valence-corrected chi connectivity index (χ3v) is 4.47. The Morgan fingerprint density at radius 3 is 2.92 bits per heavy atom. The number of amides is 2. The van der Waals surface area contributed by atoms with E-state index in [-0.39, 0.29) is 18.1 Å². The molecule has 1 aromatic heterocycles. The summed E-state index contributed by atoms with van der Waals surface area (Å²) in [6, 6.07) is 7.92. The molecule has 0 saturated carbocycles. The van der Waals surface area contributed by atoms with Gasteiger partial charge in [0.2, 0.25) is 0 Å². The van der Waals surface area contributed by atoms with E-state index >= 15 is 0 Å². The zero-order chi connectivity index (χ0) is 17.1. The number of carbonyl (C=O) groups is 1. The fourth-order valence-corrected chi connectivity index (χ4v) is 3.06. The third kappa shape index (κ3) is 3.71. The number of benzene rings is 1. The lowest BCUT2D eigenvalue weighted by molar-refractivity contribution is 0.190. The highest BCUT2D eigenvalue weighted by Gasteiger charge is 2.25. The van der Waals surface area contributed by atoms with Crippen LogP contribution in [-0.2, 0) is 0 Å². The number of halogens is 1. The van der Waals surface area contributed by atoms with Crippen LogP contribution in [0.4, 0.5) is 10.5 Å². The normalized spacial score (nSPS) is 18.0. The Morgan fingerprint density at radius 2 is 2.21 bits per heavy atom. The van der Waals surface area contributed by atoms with E-state index in [1.807, 2.05) is 49.0 Å². The van der Waals surface area contributed by atoms with Crippen molar-refractivity contribution in [1.29, 1.82) is 0 Å². The average Bonchev–Trinajstić information content (AvgIpc) is 3.04. The molecule has 24 heavy (non-hydrogen) atoms. The molecule has 2 heterocycles. The fourth-order valence-electron chi connectivity index (χ4n) is 2.79. The summed E-state index contributed by atoms with van der Waals surface area (Å²) in [6.07, 6.45) is 3.52. The highest BCUT2D eigenvalue weighted by Crippen LogP contribution is 2.25. The Labute approximate surface area is 146 Å². The lowest BCUT2D eigenvalue weighted by Crippen LogP contribution is -2.49. The molecule has 0 radical (unpaired) electrons. The minimum Gasteiger partial charge on any atom is -0.321 e. The highest BCUT2D eigenvalue weighted by atomic mass is 35.5. The van der Waals surface area contributed by atoms with Crippen LogP contribution in [0.5, 0.6) is 0 Å². The van der Waals surface area contributed by atoms with Gasteiger partial charge >= 0.3 is 6.03 Å². The summed E-state index contributed by atoms with van der Waals surface area (Å²) >= 11 is 6.28. The summed E-state index contributed by atoms with van der Waals surface area (Å²) in [7, 11) is 0. The molecule has 1 unspecified atom stereocenters. The van der Waals surface area contributed by atoms with E-state index in [1.54, 1.807) is 11.1 Å². The molecule has 2 N–H and O–H groups in total. The zero-order valence-corrected chi connectivity index (χ0v) is 14.6. The number of rotatable bonds is 3.